The molecule has 0 unspecified atom stereocenters. The van der Waals surface area contributed by atoms with E-state index in [9.17, 15) is 4.79 Å². The molecule has 2 rings (SSSR count). The van der Waals surface area contributed by atoms with Crippen molar-refractivity contribution in [1.82, 2.24) is 14.8 Å². The van der Waals surface area contributed by atoms with Crippen LogP contribution in [0.1, 0.15) is 20.8 Å². The molecule has 1 aromatic carbocycles. The molecule has 2 aromatic rings. The maximum Gasteiger partial charge on any atom is 0.237 e. The molecule has 0 saturated heterocycles. The van der Waals surface area contributed by atoms with E-state index in [2.05, 4.69) is 15.5 Å². The van der Waals surface area contributed by atoms with Gasteiger partial charge in [-0.1, -0.05) is 11.8 Å². The average molecular weight is 320 g/mol. The van der Waals surface area contributed by atoms with Gasteiger partial charge in [0.05, 0.1) is 11.9 Å². The number of carbonyl (C=O) groups excluding carboxylic acids is 1. The molecule has 0 aliphatic rings. The van der Waals surface area contributed by atoms with E-state index in [1.165, 1.54) is 11.8 Å². The molecule has 1 amide bonds. The topological polar surface area (TPSA) is 69.0 Å². The van der Waals surface area contributed by atoms with Crippen LogP contribution >= 0.6 is 11.8 Å². The van der Waals surface area contributed by atoms with Gasteiger partial charge in [0.1, 0.15) is 12.1 Å². The second kappa shape index (κ2) is 7.84. The fourth-order valence-corrected chi connectivity index (χ4v) is 2.70. The molecule has 0 aliphatic heterocycles. The molecule has 22 heavy (non-hydrogen) atoms. The van der Waals surface area contributed by atoms with Crippen LogP contribution in [-0.4, -0.2) is 32.5 Å². The Morgan fingerprint density at radius 2 is 2.09 bits per heavy atom. The molecule has 1 aromatic heterocycles. The van der Waals surface area contributed by atoms with E-state index in [1.54, 1.807) is 6.33 Å². The maximum atomic E-state index is 12.2. The minimum atomic E-state index is -0.263. The minimum absolute atomic E-state index is 0.0696. The summed E-state index contributed by atoms with van der Waals surface area (Å²) in [6, 6.07) is 7.33. The van der Waals surface area contributed by atoms with Crippen LogP contribution in [0.25, 0.3) is 0 Å². The van der Waals surface area contributed by atoms with Crippen LogP contribution < -0.4 is 10.1 Å². The first-order valence-corrected chi connectivity index (χ1v) is 8.10. The van der Waals surface area contributed by atoms with Crippen LogP contribution in [0.5, 0.6) is 5.75 Å². The highest BCUT2D eigenvalue weighted by atomic mass is 32.2. The van der Waals surface area contributed by atoms with E-state index in [-0.39, 0.29) is 11.2 Å². The van der Waals surface area contributed by atoms with Crippen molar-refractivity contribution in [1.29, 1.82) is 0 Å². The monoisotopic (exact) mass is 320 g/mol. The van der Waals surface area contributed by atoms with Crippen LogP contribution in [0.2, 0.25) is 0 Å². The third-order valence-corrected chi connectivity index (χ3v) is 4.10. The van der Waals surface area contributed by atoms with Crippen molar-refractivity contribution in [3.05, 3.63) is 30.6 Å². The van der Waals surface area contributed by atoms with E-state index >= 15 is 0 Å². The van der Waals surface area contributed by atoms with E-state index < -0.39 is 0 Å². The molecule has 0 spiro atoms. The standard InChI is InChI=1S/C15H20N4O2S/c1-4-19-10-16-18-15(19)22-11(3)14(20)17-12-6-8-13(9-7-12)21-5-2/h6-11H,4-5H2,1-3H3,(H,17,20)/t11-/m0/s1. The van der Waals surface area contributed by atoms with Crippen LogP contribution in [0.4, 0.5) is 5.69 Å². The fourth-order valence-electron chi connectivity index (χ4n) is 1.81. The Labute approximate surface area is 134 Å². The first-order chi connectivity index (χ1) is 10.6. The lowest BCUT2D eigenvalue weighted by atomic mass is 10.3. The summed E-state index contributed by atoms with van der Waals surface area (Å²) in [5, 5.41) is 11.3. The Morgan fingerprint density at radius 1 is 1.36 bits per heavy atom. The van der Waals surface area contributed by atoms with Crippen molar-refractivity contribution in [2.45, 2.75) is 37.7 Å². The molecule has 0 fully saturated rings. The van der Waals surface area contributed by atoms with Crippen LogP contribution in [0, 0.1) is 0 Å². The number of thioether (sulfide) groups is 1. The van der Waals surface area contributed by atoms with Gasteiger partial charge in [-0.25, -0.2) is 0 Å². The molecular formula is C15H20N4O2S. The predicted molar refractivity (Wildman–Crippen MR) is 87.3 cm³/mol. The van der Waals surface area contributed by atoms with Crippen molar-refractivity contribution in [3.8, 4) is 5.75 Å². The van der Waals surface area contributed by atoms with E-state index in [0.717, 1.165) is 23.1 Å². The summed E-state index contributed by atoms with van der Waals surface area (Å²) in [4.78, 5) is 12.2. The zero-order valence-corrected chi connectivity index (χ0v) is 13.8. The average Bonchev–Trinajstić information content (AvgIpc) is 2.96. The summed E-state index contributed by atoms with van der Waals surface area (Å²) in [6.07, 6.45) is 1.67. The summed E-state index contributed by atoms with van der Waals surface area (Å²) in [5.41, 5.74) is 0.748. The smallest absolute Gasteiger partial charge is 0.237 e. The van der Waals surface area contributed by atoms with Gasteiger partial charge in [-0.05, 0) is 45.0 Å². The van der Waals surface area contributed by atoms with Gasteiger partial charge in [-0.15, -0.1) is 10.2 Å². The normalized spacial score (nSPS) is 12.0. The highest BCUT2D eigenvalue weighted by molar-refractivity contribution is 8.00. The Balaban J connectivity index is 1.93. The lowest BCUT2D eigenvalue weighted by Crippen LogP contribution is -2.22. The molecule has 1 atom stereocenters. The summed E-state index contributed by atoms with van der Waals surface area (Å²) >= 11 is 1.39. The second-order valence-corrected chi connectivity index (χ2v) is 5.91. The first kappa shape index (κ1) is 16.4. The molecule has 0 radical (unpaired) electrons. The lowest BCUT2D eigenvalue weighted by molar-refractivity contribution is -0.115. The second-order valence-electron chi connectivity index (χ2n) is 4.61. The zero-order chi connectivity index (χ0) is 15.9. The van der Waals surface area contributed by atoms with Crippen LogP contribution in [0.3, 0.4) is 0 Å². The molecule has 0 aliphatic carbocycles. The van der Waals surface area contributed by atoms with Gasteiger partial charge >= 0.3 is 0 Å². The number of amides is 1. The van der Waals surface area contributed by atoms with E-state index in [4.69, 9.17) is 4.74 Å². The number of rotatable bonds is 7. The van der Waals surface area contributed by atoms with Gasteiger partial charge in [-0.3, -0.25) is 4.79 Å². The van der Waals surface area contributed by atoms with Crippen molar-refractivity contribution in [3.63, 3.8) is 0 Å². The fraction of sp³-hybridized carbons (Fsp3) is 0.400. The van der Waals surface area contributed by atoms with Crippen molar-refractivity contribution < 1.29 is 9.53 Å². The van der Waals surface area contributed by atoms with Crippen molar-refractivity contribution >= 4 is 23.4 Å². The highest BCUT2D eigenvalue weighted by Crippen LogP contribution is 2.22. The number of benzene rings is 1. The van der Waals surface area contributed by atoms with Gasteiger partial charge in [0, 0.05) is 12.2 Å². The molecule has 7 heteroatoms. The number of ether oxygens (including phenoxy) is 1. The predicted octanol–water partition coefficient (Wildman–Crippen LogP) is 2.82. The SMILES string of the molecule is CCOc1ccc(NC(=O)[C@H](C)Sc2nncn2CC)cc1. The number of anilines is 1. The minimum Gasteiger partial charge on any atom is -0.494 e. The molecule has 1 N–H and O–H groups in total. The third-order valence-electron chi connectivity index (χ3n) is 3.00. The van der Waals surface area contributed by atoms with Crippen molar-refractivity contribution in [2.24, 2.45) is 0 Å². The van der Waals surface area contributed by atoms with Crippen molar-refractivity contribution in [2.75, 3.05) is 11.9 Å². The quantitative estimate of drug-likeness (QED) is 0.795. The Hall–Kier alpha value is -2.02. The van der Waals surface area contributed by atoms with Gasteiger partial charge in [0.15, 0.2) is 5.16 Å². The number of carbonyl (C=O) groups is 1. The van der Waals surface area contributed by atoms with Crippen LogP contribution in [-0.2, 0) is 11.3 Å². The number of nitrogens with zero attached hydrogens (tertiary/aromatic N) is 3. The number of nitrogens with one attached hydrogen (secondary N) is 1. The van der Waals surface area contributed by atoms with Gasteiger partial charge in [0.2, 0.25) is 5.91 Å². The Bertz CT molecular complexity index is 612. The Morgan fingerprint density at radius 3 is 2.73 bits per heavy atom. The summed E-state index contributed by atoms with van der Waals surface area (Å²) < 4.78 is 7.28. The van der Waals surface area contributed by atoms with Crippen LogP contribution in [0.15, 0.2) is 35.7 Å². The van der Waals surface area contributed by atoms with Gasteiger partial charge in [0.25, 0.3) is 0 Å². The lowest BCUT2D eigenvalue weighted by Gasteiger charge is -2.12. The Kier molecular flexibility index (Phi) is 5.83. The number of aryl methyl sites for hydroxylation is 1. The van der Waals surface area contributed by atoms with E-state index in [0.29, 0.717) is 6.61 Å². The first-order valence-electron chi connectivity index (χ1n) is 7.22. The number of aromatic nitrogens is 3. The largest absolute Gasteiger partial charge is 0.494 e. The molecule has 6 nitrogen and oxygen atoms in total. The highest BCUT2D eigenvalue weighted by Gasteiger charge is 2.17. The number of hydrogen-bond donors (Lipinski definition) is 1. The van der Waals surface area contributed by atoms with Gasteiger partial charge in [-0.2, -0.15) is 0 Å². The van der Waals surface area contributed by atoms with E-state index in [1.807, 2.05) is 49.6 Å². The zero-order valence-electron chi connectivity index (χ0n) is 12.9. The summed E-state index contributed by atoms with van der Waals surface area (Å²) in [7, 11) is 0. The summed E-state index contributed by atoms with van der Waals surface area (Å²) in [6.45, 7) is 7.20. The number of hydrogen-bond acceptors (Lipinski definition) is 5. The maximum absolute atomic E-state index is 12.2. The summed E-state index contributed by atoms with van der Waals surface area (Å²) in [5.74, 6) is 0.721. The third kappa shape index (κ3) is 4.24. The molecule has 118 valence electrons. The van der Waals surface area contributed by atoms with Gasteiger partial charge < -0.3 is 14.6 Å². The molecule has 0 saturated carbocycles. The molecule has 1 heterocycles. The molecular weight excluding hydrogens is 300 g/mol. The molecule has 0 bridgehead atoms.